The minimum atomic E-state index is -4.19. The van der Waals surface area contributed by atoms with Crippen LogP contribution < -0.4 is 10.6 Å². The molecule has 0 saturated carbocycles. The van der Waals surface area contributed by atoms with Crippen LogP contribution in [0.2, 0.25) is 0 Å². The Morgan fingerprint density at radius 1 is 1.21 bits per heavy atom. The van der Waals surface area contributed by atoms with E-state index in [1.807, 2.05) is 19.1 Å². The van der Waals surface area contributed by atoms with E-state index in [0.29, 0.717) is 19.0 Å². The molecule has 29 heavy (non-hydrogen) atoms. The van der Waals surface area contributed by atoms with E-state index in [1.165, 1.54) is 24.1 Å². The lowest BCUT2D eigenvalue weighted by molar-refractivity contribution is -0.142. The number of aliphatic imine (C=N–C) groups is 1. The van der Waals surface area contributed by atoms with Gasteiger partial charge in [0.25, 0.3) is 0 Å². The first-order valence-electron chi connectivity index (χ1n) is 10.0. The molecule has 0 radical (unpaired) electrons. The number of guanidine groups is 1. The van der Waals surface area contributed by atoms with Crippen LogP contribution in [-0.2, 0) is 6.54 Å². The summed E-state index contributed by atoms with van der Waals surface area (Å²) in [6.45, 7) is 4.89. The van der Waals surface area contributed by atoms with Crippen molar-refractivity contribution in [3.05, 3.63) is 35.6 Å². The Labute approximate surface area is 170 Å². The largest absolute Gasteiger partial charge is 0.401 e. The molecule has 0 bridgehead atoms. The van der Waals surface area contributed by atoms with Gasteiger partial charge in [-0.25, -0.2) is 4.39 Å². The molecule has 1 aliphatic heterocycles. The van der Waals surface area contributed by atoms with Crippen molar-refractivity contribution in [2.24, 2.45) is 4.99 Å². The van der Waals surface area contributed by atoms with Gasteiger partial charge in [0.15, 0.2) is 5.96 Å². The van der Waals surface area contributed by atoms with Crippen molar-refractivity contribution in [1.29, 1.82) is 0 Å². The second kappa shape index (κ2) is 11.3. The molecule has 0 amide bonds. The fourth-order valence-corrected chi connectivity index (χ4v) is 3.31. The zero-order valence-corrected chi connectivity index (χ0v) is 17.1. The number of benzene rings is 1. The van der Waals surface area contributed by atoms with Gasteiger partial charge in [-0.3, -0.25) is 14.8 Å². The van der Waals surface area contributed by atoms with Crippen molar-refractivity contribution >= 4 is 5.96 Å². The molecule has 164 valence electrons. The Morgan fingerprint density at radius 3 is 2.45 bits per heavy atom. The SMILES string of the molecule is CCNC(=NCCN(C)CC(F)(F)F)NC1CCN(Cc2ccc(F)cc2)CC1. The van der Waals surface area contributed by atoms with E-state index in [9.17, 15) is 17.6 Å². The van der Waals surface area contributed by atoms with E-state index < -0.39 is 12.7 Å². The Morgan fingerprint density at radius 2 is 1.86 bits per heavy atom. The molecule has 2 N–H and O–H groups in total. The maximum Gasteiger partial charge on any atom is 0.401 e. The van der Waals surface area contributed by atoms with Gasteiger partial charge in [-0.15, -0.1) is 0 Å². The Hall–Kier alpha value is -1.87. The van der Waals surface area contributed by atoms with E-state index in [0.717, 1.165) is 38.0 Å². The van der Waals surface area contributed by atoms with E-state index in [-0.39, 0.29) is 18.4 Å². The van der Waals surface area contributed by atoms with Gasteiger partial charge < -0.3 is 10.6 Å². The zero-order valence-electron chi connectivity index (χ0n) is 17.1. The highest BCUT2D eigenvalue weighted by Gasteiger charge is 2.28. The van der Waals surface area contributed by atoms with Crippen molar-refractivity contribution in [3.8, 4) is 0 Å². The monoisotopic (exact) mass is 417 g/mol. The van der Waals surface area contributed by atoms with Crippen LogP contribution >= 0.6 is 0 Å². The summed E-state index contributed by atoms with van der Waals surface area (Å²) in [6, 6.07) is 6.85. The Balaban J connectivity index is 1.75. The second-order valence-electron chi connectivity index (χ2n) is 7.43. The highest BCUT2D eigenvalue weighted by Crippen LogP contribution is 2.16. The average Bonchev–Trinajstić information content (AvgIpc) is 2.64. The minimum absolute atomic E-state index is 0.225. The van der Waals surface area contributed by atoms with Gasteiger partial charge in [0.1, 0.15) is 5.82 Å². The predicted octanol–water partition coefficient (Wildman–Crippen LogP) is 2.84. The van der Waals surface area contributed by atoms with Crippen molar-refractivity contribution in [2.75, 3.05) is 46.3 Å². The molecule has 0 aromatic heterocycles. The zero-order chi connectivity index (χ0) is 21.3. The molecule has 0 aliphatic carbocycles. The molecular formula is C20H31F4N5. The number of nitrogens with zero attached hydrogens (tertiary/aromatic N) is 3. The Kier molecular flexibility index (Phi) is 9.16. The van der Waals surface area contributed by atoms with Crippen LogP contribution in [0.15, 0.2) is 29.3 Å². The summed E-state index contributed by atoms with van der Waals surface area (Å²) in [7, 11) is 1.44. The maximum atomic E-state index is 13.0. The quantitative estimate of drug-likeness (QED) is 0.388. The topological polar surface area (TPSA) is 42.9 Å². The van der Waals surface area contributed by atoms with Gasteiger partial charge in [-0.2, -0.15) is 13.2 Å². The third-order valence-electron chi connectivity index (χ3n) is 4.79. The molecular weight excluding hydrogens is 386 g/mol. The van der Waals surface area contributed by atoms with Crippen LogP contribution in [0.1, 0.15) is 25.3 Å². The molecule has 1 heterocycles. The molecule has 0 atom stereocenters. The van der Waals surface area contributed by atoms with Crippen molar-refractivity contribution < 1.29 is 17.6 Å². The van der Waals surface area contributed by atoms with Crippen LogP contribution in [0.5, 0.6) is 0 Å². The molecule has 1 saturated heterocycles. The third kappa shape index (κ3) is 9.45. The number of halogens is 4. The van der Waals surface area contributed by atoms with Crippen LogP contribution in [0, 0.1) is 5.82 Å². The van der Waals surface area contributed by atoms with Crippen molar-refractivity contribution in [2.45, 2.75) is 38.5 Å². The molecule has 1 aromatic carbocycles. The summed E-state index contributed by atoms with van der Waals surface area (Å²) in [5.41, 5.74) is 1.09. The van der Waals surface area contributed by atoms with Crippen LogP contribution in [0.3, 0.4) is 0 Å². The highest BCUT2D eigenvalue weighted by molar-refractivity contribution is 5.80. The van der Waals surface area contributed by atoms with Crippen LogP contribution in [0.4, 0.5) is 17.6 Å². The number of nitrogens with one attached hydrogen (secondary N) is 2. The van der Waals surface area contributed by atoms with Gasteiger partial charge in [-0.1, -0.05) is 12.1 Å². The number of alkyl halides is 3. The number of likely N-dealkylation sites (tertiary alicyclic amines) is 1. The van der Waals surface area contributed by atoms with Crippen molar-refractivity contribution in [1.82, 2.24) is 20.4 Å². The fraction of sp³-hybridized carbons (Fsp3) is 0.650. The summed E-state index contributed by atoms with van der Waals surface area (Å²) in [5, 5.41) is 6.55. The normalized spacial score (nSPS) is 17.0. The minimum Gasteiger partial charge on any atom is -0.357 e. The van der Waals surface area contributed by atoms with E-state index >= 15 is 0 Å². The molecule has 0 spiro atoms. The summed E-state index contributed by atoms with van der Waals surface area (Å²) in [5.74, 6) is 0.418. The highest BCUT2D eigenvalue weighted by atomic mass is 19.4. The van der Waals surface area contributed by atoms with Crippen LogP contribution in [-0.4, -0.2) is 74.3 Å². The molecule has 1 aliphatic rings. The molecule has 5 nitrogen and oxygen atoms in total. The molecule has 9 heteroatoms. The molecule has 1 fully saturated rings. The average molecular weight is 417 g/mol. The summed E-state index contributed by atoms with van der Waals surface area (Å²) in [6.07, 6.45) is -2.30. The number of rotatable bonds is 8. The second-order valence-corrected chi connectivity index (χ2v) is 7.43. The van der Waals surface area contributed by atoms with E-state index in [2.05, 4.69) is 20.5 Å². The lowest BCUT2D eigenvalue weighted by Crippen LogP contribution is -2.48. The smallest absolute Gasteiger partial charge is 0.357 e. The number of likely N-dealkylation sites (N-methyl/N-ethyl adjacent to an activating group) is 1. The first kappa shape index (κ1) is 23.4. The van der Waals surface area contributed by atoms with Gasteiger partial charge in [0.2, 0.25) is 0 Å². The van der Waals surface area contributed by atoms with Gasteiger partial charge in [0.05, 0.1) is 13.1 Å². The van der Waals surface area contributed by atoms with Crippen LogP contribution in [0.25, 0.3) is 0 Å². The predicted molar refractivity (Wildman–Crippen MR) is 107 cm³/mol. The van der Waals surface area contributed by atoms with Gasteiger partial charge in [-0.05, 0) is 44.5 Å². The lowest BCUT2D eigenvalue weighted by Gasteiger charge is -2.33. The molecule has 0 unspecified atom stereocenters. The van der Waals surface area contributed by atoms with Gasteiger partial charge in [0, 0.05) is 38.8 Å². The van der Waals surface area contributed by atoms with E-state index in [4.69, 9.17) is 0 Å². The standard InChI is InChI=1S/C20H31F4N5/c1-3-25-19(26-10-13-28(2)15-20(22,23)24)27-18-8-11-29(12-9-18)14-16-4-6-17(21)7-5-16/h4-7,18H,3,8-15H2,1-2H3,(H2,25,26,27). The molecule has 2 rings (SSSR count). The van der Waals surface area contributed by atoms with Crippen molar-refractivity contribution in [3.63, 3.8) is 0 Å². The third-order valence-corrected chi connectivity index (χ3v) is 4.79. The number of piperidine rings is 1. The maximum absolute atomic E-state index is 13.0. The molecule has 1 aromatic rings. The lowest BCUT2D eigenvalue weighted by atomic mass is 10.0. The summed E-state index contributed by atoms with van der Waals surface area (Å²) in [4.78, 5) is 7.97. The fourth-order valence-electron chi connectivity index (χ4n) is 3.31. The number of hydrogen-bond acceptors (Lipinski definition) is 3. The first-order valence-corrected chi connectivity index (χ1v) is 10.0. The number of hydrogen-bond donors (Lipinski definition) is 2. The summed E-state index contributed by atoms with van der Waals surface area (Å²) < 4.78 is 50.2. The Bertz CT molecular complexity index is 625. The van der Waals surface area contributed by atoms with Gasteiger partial charge >= 0.3 is 6.18 Å². The summed E-state index contributed by atoms with van der Waals surface area (Å²) >= 11 is 0. The first-order chi connectivity index (χ1) is 13.7. The van der Waals surface area contributed by atoms with E-state index in [1.54, 1.807) is 0 Å².